The lowest BCUT2D eigenvalue weighted by Crippen LogP contribution is -2.51. The van der Waals surface area contributed by atoms with Crippen LogP contribution >= 0.6 is 12.2 Å². The van der Waals surface area contributed by atoms with Crippen molar-refractivity contribution >= 4 is 17.3 Å². The van der Waals surface area contributed by atoms with E-state index in [1.807, 2.05) is 24.3 Å². The maximum Gasteiger partial charge on any atom is 0.169 e. The second-order valence-corrected chi connectivity index (χ2v) is 5.69. The van der Waals surface area contributed by atoms with Gasteiger partial charge in [-0.15, -0.1) is 0 Å². The number of nitriles is 1. The van der Waals surface area contributed by atoms with Gasteiger partial charge in [-0.2, -0.15) is 5.26 Å². The van der Waals surface area contributed by atoms with Crippen LogP contribution in [0.3, 0.4) is 0 Å². The fourth-order valence-electron chi connectivity index (χ4n) is 2.40. The normalized spacial score (nSPS) is 15.5. The third-order valence-corrected chi connectivity index (χ3v) is 4.08. The van der Waals surface area contributed by atoms with E-state index in [9.17, 15) is 0 Å². The van der Waals surface area contributed by atoms with Crippen molar-refractivity contribution in [1.29, 1.82) is 5.26 Å². The van der Waals surface area contributed by atoms with Crippen LogP contribution in [0.2, 0.25) is 0 Å². The van der Waals surface area contributed by atoms with E-state index in [1.54, 1.807) is 0 Å². The Labute approximate surface area is 132 Å². The second kappa shape index (κ2) is 7.96. The van der Waals surface area contributed by atoms with Crippen LogP contribution in [0.5, 0.6) is 0 Å². The Kier molecular flexibility index (Phi) is 5.97. The molecule has 1 fully saturated rings. The number of thiocarbonyl (C=S) groups is 1. The van der Waals surface area contributed by atoms with Gasteiger partial charge in [-0.25, -0.2) is 0 Å². The van der Waals surface area contributed by atoms with Gasteiger partial charge in [0.15, 0.2) is 5.11 Å². The zero-order valence-corrected chi connectivity index (χ0v) is 13.3. The summed E-state index contributed by atoms with van der Waals surface area (Å²) in [5.74, 6) is 0. The van der Waals surface area contributed by atoms with Crippen LogP contribution in [-0.4, -0.2) is 47.6 Å². The van der Waals surface area contributed by atoms with Crippen LogP contribution in [0.1, 0.15) is 24.5 Å². The molecular formula is C16H22N4S. The second-order valence-electron chi connectivity index (χ2n) is 5.30. The number of benzene rings is 1. The van der Waals surface area contributed by atoms with Crippen molar-refractivity contribution in [2.75, 3.05) is 32.7 Å². The van der Waals surface area contributed by atoms with Gasteiger partial charge in [0.1, 0.15) is 0 Å². The predicted octanol–water partition coefficient (Wildman–Crippen LogP) is 1.96. The van der Waals surface area contributed by atoms with Gasteiger partial charge in [-0.3, -0.25) is 4.90 Å². The molecule has 0 spiro atoms. The lowest BCUT2D eigenvalue weighted by Gasteiger charge is -2.36. The summed E-state index contributed by atoms with van der Waals surface area (Å²) >= 11 is 5.40. The molecule has 4 nitrogen and oxygen atoms in total. The first kappa shape index (κ1) is 15.7. The quantitative estimate of drug-likeness (QED) is 0.861. The monoisotopic (exact) mass is 302 g/mol. The van der Waals surface area contributed by atoms with E-state index in [1.165, 1.54) is 5.56 Å². The van der Waals surface area contributed by atoms with Crippen molar-refractivity contribution in [3.63, 3.8) is 0 Å². The fraction of sp³-hybridized carbons (Fsp3) is 0.500. The highest BCUT2D eigenvalue weighted by Crippen LogP contribution is 2.10. The Morgan fingerprint density at radius 3 is 2.48 bits per heavy atom. The zero-order chi connectivity index (χ0) is 15.1. The van der Waals surface area contributed by atoms with Gasteiger partial charge < -0.3 is 10.2 Å². The highest BCUT2D eigenvalue weighted by Gasteiger charge is 2.18. The van der Waals surface area contributed by atoms with Crippen molar-refractivity contribution in [3.05, 3.63) is 35.4 Å². The Morgan fingerprint density at radius 2 is 1.90 bits per heavy atom. The minimum absolute atomic E-state index is 0.718. The van der Waals surface area contributed by atoms with Gasteiger partial charge in [0, 0.05) is 39.3 Å². The van der Waals surface area contributed by atoms with Gasteiger partial charge >= 0.3 is 0 Å². The summed E-state index contributed by atoms with van der Waals surface area (Å²) in [6.45, 7) is 8.03. The minimum atomic E-state index is 0.718. The van der Waals surface area contributed by atoms with Gasteiger partial charge in [0.25, 0.3) is 0 Å². The maximum absolute atomic E-state index is 8.81. The van der Waals surface area contributed by atoms with Gasteiger partial charge in [0.2, 0.25) is 0 Å². The van der Waals surface area contributed by atoms with E-state index in [-0.39, 0.29) is 0 Å². The standard InChI is InChI=1S/C16H22N4S/c1-2-7-18-16(21)20-10-8-19(9-11-20)13-15-5-3-14(12-17)4-6-15/h3-6H,2,7-11,13H2,1H3,(H,18,21). The van der Waals surface area contributed by atoms with Crippen molar-refractivity contribution in [3.8, 4) is 6.07 Å². The Bertz CT molecular complexity index is 498. The molecule has 21 heavy (non-hydrogen) atoms. The van der Waals surface area contributed by atoms with Crippen LogP contribution in [-0.2, 0) is 6.54 Å². The molecule has 0 aliphatic carbocycles. The molecular weight excluding hydrogens is 280 g/mol. The third-order valence-electron chi connectivity index (χ3n) is 3.67. The molecule has 0 radical (unpaired) electrons. The first-order valence-corrected chi connectivity index (χ1v) is 7.88. The van der Waals surface area contributed by atoms with Crippen molar-refractivity contribution in [1.82, 2.24) is 15.1 Å². The molecule has 1 aliphatic heterocycles. The summed E-state index contributed by atoms with van der Waals surface area (Å²) in [5, 5.41) is 13.0. The highest BCUT2D eigenvalue weighted by atomic mass is 32.1. The van der Waals surface area contributed by atoms with Crippen molar-refractivity contribution < 1.29 is 0 Å². The molecule has 1 saturated heterocycles. The summed E-state index contributed by atoms with van der Waals surface area (Å²) in [4.78, 5) is 4.68. The smallest absolute Gasteiger partial charge is 0.169 e. The largest absolute Gasteiger partial charge is 0.363 e. The lowest BCUT2D eigenvalue weighted by atomic mass is 10.1. The van der Waals surface area contributed by atoms with E-state index < -0.39 is 0 Å². The van der Waals surface area contributed by atoms with Gasteiger partial charge in [-0.1, -0.05) is 19.1 Å². The van der Waals surface area contributed by atoms with Crippen LogP contribution in [0, 0.1) is 11.3 Å². The summed E-state index contributed by atoms with van der Waals surface area (Å²) in [6.07, 6.45) is 1.10. The molecule has 112 valence electrons. The van der Waals surface area contributed by atoms with Crippen LogP contribution in [0.25, 0.3) is 0 Å². The lowest BCUT2D eigenvalue weighted by molar-refractivity contribution is 0.174. The number of nitrogens with one attached hydrogen (secondary N) is 1. The Morgan fingerprint density at radius 1 is 1.24 bits per heavy atom. The number of hydrogen-bond acceptors (Lipinski definition) is 3. The van der Waals surface area contributed by atoms with E-state index >= 15 is 0 Å². The number of piperazine rings is 1. The van der Waals surface area contributed by atoms with Gasteiger partial charge in [0.05, 0.1) is 11.6 Å². The summed E-state index contributed by atoms with van der Waals surface area (Å²) in [7, 11) is 0. The molecule has 2 rings (SSSR count). The van der Waals surface area contributed by atoms with Gasteiger partial charge in [-0.05, 0) is 36.3 Å². The molecule has 0 unspecified atom stereocenters. The highest BCUT2D eigenvalue weighted by molar-refractivity contribution is 7.80. The molecule has 0 amide bonds. The molecule has 0 saturated carbocycles. The number of hydrogen-bond donors (Lipinski definition) is 1. The molecule has 1 aromatic rings. The third kappa shape index (κ3) is 4.69. The van der Waals surface area contributed by atoms with E-state index in [2.05, 4.69) is 28.1 Å². The molecule has 5 heteroatoms. The Hall–Kier alpha value is -1.64. The van der Waals surface area contributed by atoms with Crippen LogP contribution in [0.15, 0.2) is 24.3 Å². The van der Waals surface area contributed by atoms with E-state index in [0.29, 0.717) is 0 Å². The predicted molar refractivity (Wildman–Crippen MR) is 88.9 cm³/mol. The SMILES string of the molecule is CCCNC(=S)N1CCN(Cc2ccc(C#N)cc2)CC1. The van der Waals surface area contributed by atoms with E-state index in [4.69, 9.17) is 17.5 Å². The van der Waals surface area contributed by atoms with Crippen molar-refractivity contribution in [2.45, 2.75) is 19.9 Å². The molecule has 0 atom stereocenters. The topological polar surface area (TPSA) is 42.3 Å². The first-order valence-electron chi connectivity index (χ1n) is 7.47. The zero-order valence-electron chi connectivity index (χ0n) is 12.5. The summed E-state index contributed by atoms with van der Waals surface area (Å²) < 4.78 is 0. The molecule has 0 bridgehead atoms. The Balaban J connectivity index is 1.78. The van der Waals surface area contributed by atoms with Crippen molar-refractivity contribution in [2.24, 2.45) is 0 Å². The van der Waals surface area contributed by atoms with Crippen LogP contribution < -0.4 is 5.32 Å². The van der Waals surface area contributed by atoms with Crippen LogP contribution in [0.4, 0.5) is 0 Å². The number of nitrogens with zero attached hydrogens (tertiary/aromatic N) is 3. The molecule has 1 aliphatic rings. The molecule has 1 N–H and O–H groups in total. The molecule has 1 heterocycles. The first-order chi connectivity index (χ1) is 10.2. The minimum Gasteiger partial charge on any atom is -0.363 e. The average Bonchev–Trinajstić information content (AvgIpc) is 2.54. The molecule has 0 aromatic heterocycles. The number of rotatable bonds is 4. The van der Waals surface area contributed by atoms with E-state index in [0.717, 1.165) is 56.4 Å². The average molecular weight is 302 g/mol. The maximum atomic E-state index is 8.81. The summed E-state index contributed by atoms with van der Waals surface area (Å²) in [5.41, 5.74) is 1.98. The molecule has 1 aromatic carbocycles. The summed E-state index contributed by atoms with van der Waals surface area (Å²) in [6, 6.07) is 10.00. The fourth-order valence-corrected chi connectivity index (χ4v) is 2.68.